The molecule has 0 aliphatic rings. The van der Waals surface area contributed by atoms with Crippen LogP contribution in [-0.4, -0.2) is 42.4 Å². The summed E-state index contributed by atoms with van der Waals surface area (Å²) in [6, 6.07) is 7.68. The number of rotatable bonds is 8. The highest BCUT2D eigenvalue weighted by atomic mass is 79.9. The average molecular weight is 384 g/mol. The Bertz CT molecular complexity index is 534. The van der Waals surface area contributed by atoms with Crippen LogP contribution in [0.2, 0.25) is 0 Å². The summed E-state index contributed by atoms with van der Waals surface area (Å²) < 4.78 is 0.808. The normalized spacial score (nSPS) is 12.3. The number of likely N-dealkylation sites (N-methyl/N-ethyl adjacent to an activating group) is 1. The predicted octanol–water partition coefficient (Wildman–Crippen LogP) is 2.87. The van der Waals surface area contributed by atoms with Crippen LogP contribution < -0.4 is 10.6 Å². The van der Waals surface area contributed by atoms with E-state index >= 15 is 0 Å². The summed E-state index contributed by atoms with van der Waals surface area (Å²) in [4.78, 5) is 26.0. The van der Waals surface area contributed by atoms with Gasteiger partial charge >= 0.3 is 0 Å². The number of amides is 2. The van der Waals surface area contributed by atoms with Crippen LogP contribution in [0.1, 0.15) is 27.7 Å². The van der Waals surface area contributed by atoms with E-state index in [0.29, 0.717) is 24.2 Å². The Balaban J connectivity index is 2.43. The van der Waals surface area contributed by atoms with E-state index in [-0.39, 0.29) is 18.4 Å². The Morgan fingerprint density at radius 3 is 2.39 bits per heavy atom. The first-order valence-electron chi connectivity index (χ1n) is 7.90. The number of carbonyl (C=O) groups is 2. The number of halogens is 1. The van der Waals surface area contributed by atoms with Crippen LogP contribution in [0.25, 0.3) is 0 Å². The fourth-order valence-electron chi connectivity index (χ4n) is 2.14. The zero-order valence-corrected chi connectivity index (χ0v) is 15.8. The van der Waals surface area contributed by atoms with Crippen molar-refractivity contribution in [3.63, 3.8) is 0 Å². The van der Waals surface area contributed by atoms with Gasteiger partial charge in [-0.05, 0) is 47.4 Å². The van der Waals surface area contributed by atoms with Crippen LogP contribution in [0.3, 0.4) is 0 Å². The van der Waals surface area contributed by atoms with Crippen molar-refractivity contribution in [1.82, 2.24) is 10.2 Å². The molecule has 6 heteroatoms. The molecule has 2 N–H and O–H groups in total. The van der Waals surface area contributed by atoms with Crippen molar-refractivity contribution in [3.8, 4) is 0 Å². The van der Waals surface area contributed by atoms with Gasteiger partial charge in [-0.25, -0.2) is 0 Å². The van der Waals surface area contributed by atoms with E-state index in [9.17, 15) is 9.59 Å². The quantitative estimate of drug-likeness (QED) is 0.725. The smallest absolute Gasteiger partial charge is 0.243 e. The van der Waals surface area contributed by atoms with Gasteiger partial charge in [0.1, 0.15) is 0 Å². The molecule has 1 aromatic carbocycles. The monoisotopic (exact) mass is 383 g/mol. The molecule has 2 amide bonds. The molecular weight excluding hydrogens is 358 g/mol. The topological polar surface area (TPSA) is 61.4 Å². The van der Waals surface area contributed by atoms with E-state index in [1.165, 1.54) is 0 Å². The third kappa shape index (κ3) is 6.71. The largest absolute Gasteiger partial charge is 0.346 e. The molecule has 0 radical (unpaired) electrons. The lowest BCUT2D eigenvalue weighted by Crippen LogP contribution is -2.45. The van der Waals surface area contributed by atoms with E-state index in [2.05, 4.69) is 52.2 Å². The Morgan fingerprint density at radius 2 is 1.83 bits per heavy atom. The molecule has 1 unspecified atom stereocenters. The van der Waals surface area contributed by atoms with E-state index in [1.807, 2.05) is 25.1 Å². The molecule has 0 bridgehead atoms. The molecule has 5 nitrogen and oxygen atoms in total. The number of carbonyl (C=O) groups excluding carboxylic acids is 2. The van der Waals surface area contributed by atoms with Gasteiger partial charge in [0.05, 0.1) is 18.8 Å². The Kier molecular flexibility index (Phi) is 8.26. The van der Waals surface area contributed by atoms with Gasteiger partial charge in [-0.3, -0.25) is 14.5 Å². The summed E-state index contributed by atoms with van der Waals surface area (Å²) in [5, 5.41) is 5.43. The highest BCUT2D eigenvalue weighted by Crippen LogP contribution is 2.20. The van der Waals surface area contributed by atoms with Crippen molar-refractivity contribution < 1.29 is 9.59 Å². The van der Waals surface area contributed by atoms with Gasteiger partial charge in [0.2, 0.25) is 11.8 Å². The van der Waals surface area contributed by atoms with Gasteiger partial charge in [-0.15, -0.1) is 0 Å². The molecule has 0 aliphatic heterocycles. The summed E-state index contributed by atoms with van der Waals surface area (Å²) in [5.41, 5.74) is 0.690. The zero-order chi connectivity index (χ0) is 17.4. The number of anilines is 1. The van der Waals surface area contributed by atoms with Gasteiger partial charge in [0.25, 0.3) is 0 Å². The van der Waals surface area contributed by atoms with Crippen molar-refractivity contribution in [2.75, 3.05) is 25.0 Å². The molecule has 0 fully saturated rings. The average Bonchev–Trinajstić information content (AvgIpc) is 2.52. The summed E-state index contributed by atoms with van der Waals surface area (Å²) in [6.07, 6.45) is 0. The molecule has 1 atom stereocenters. The molecule has 0 aliphatic carbocycles. The van der Waals surface area contributed by atoms with Crippen molar-refractivity contribution in [2.45, 2.75) is 33.7 Å². The maximum atomic E-state index is 12.0. The first-order chi connectivity index (χ1) is 10.8. The first-order valence-corrected chi connectivity index (χ1v) is 8.69. The number of nitrogens with zero attached hydrogens (tertiary/aromatic N) is 1. The Morgan fingerprint density at radius 1 is 1.17 bits per heavy atom. The number of nitrogens with one attached hydrogen (secondary N) is 2. The van der Waals surface area contributed by atoms with E-state index < -0.39 is 0 Å². The van der Waals surface area contributed by atoms with Gasteiger partial charge in [-0.2, -0.15) is 0 Å². The molecule has 0 saturated heterocycles. The third-order valence-electron chi connectivity index (χ3n) is 3.89. The van der Waals surface area contributed by atoms with Crippen LogP contribution in [0.15, 0.2) is 28.7 Å². The first kappa shape index (κ1) is 19.6. The SMILES string of the molecule is CCN(CC(=O)NCC(=O)Nc1ccccc1Br)C(C)C(C)C. The van der Waals surface area contributed by atoms with Crippen LogP contribution in [-0.2, 0) is 9.59 Å². The number of para-hydroxylation sites is 1. The van der Waals surface area contributed by atoms with Crippen molar-refractivity contribution in [3.05, 3.63) is 28.7 Å². The molecule has 0 heterocycles. The Hall–Kier alpha value is -1.40. The minimum absolute atomic E-state index is 0.0339. The van der Waals surface area contributed by atoms with Crippen molar-refractivity contribution in [1.29, 1.82) is 0 Å². The maximum Gasteiger partial charge on any atom is 0.243 e. The van der Waals surface area contributed by atoms with Gasteiger partial charge in [0, 0.05) is 10.5 Å². The van der Waals surface area contributed by atoms with Crippen LogP contribution in [0.4, 0.5) is 5.69 Å². The predicted molar refractivity (Wildman–Crippen MR) is 97.3 cm³/mol. The Labute approximate surface area is 146 Å². The summed E-state index contributed by atoms with van der Waals surface area (Å²) >= 11 is 3.37. The lowest BCUT2D eigenvalue weighted by atomic mass is 10.0. The molecule has 0 spiro atoms. The molecule has 128 valence electrons. The summed E-state index contributed by atoms with van der Waals surface area (Å²) in [6.45, 7) is 9.49. The van der Waals surface area contributed by atoms with Gasteiger partial charge in [0.15, 0.2) is 0 Å². The third-order valence-corrected chi connectivity index (χ3v) is 4.58. The second-order valence-electron chi connectivity index (χ2n) is 5.85. The molecule has 1 aromatic rings. The fourth-order valence-corrected chi connectivity index (χ4v) is 2.53. The second-order valence-corrected chi connectivity index (χ2v) is 6.71. The minimum Gasteiger partial charge on any atom is -0.346 e. The molecule has 1 rings (SSSR count). The lowest BCUT2D eigenvalue weighted by molar-refractivity contribution is -0.125. The van der Waals surface area contributed by atoms with Gasteiger partial charge in [-0.1, -0.05) is 32.9 Å². The van der Waals surface area contributed by atoms with Crippen LogP contribution in [0.5, 0.6) is 0 Å². The minimum atomic E-state index is -0.245. The number of hydrogen-bond donors (Lipinski definition) is 2. The fraction of sp³-hybridized carbons (Fsp3) is 0.529. The summed E-state index contributed by atoms with van der Waals surface area (Å²) in [5.74, 6) is 0.0910. The molecular formula is C17H26BrN3O2. The zero-order valence-electron chi connectivity index (χ0n) is 14.2. The molecule has 0 aromatic heterocycles. The summed E-state index contributed by atoms with van der Waals surface area (Å²) in [7, 11) is 0. The molecule has 0 saturated carbocycles. The standard InChI is InChI=1S/C17H26BrN3O2/c1-5-21(13(4)12(2)3)11-17(23)19-10-16(22)20-15-9-7-6-8-14(15)18/h6-9,12-13H,5,10-11H2,1-4H3,(H,19,23)(H,20,22). The second kappa shape index (κ2) is 9.67. The highest BCUT2D eigenvalue weighted by Gasteiger charge is 2.18. The van der Waals surface area contributed by atoms with Gasteiger partial charge < -0.3 is 10.6 Å². The maximum absolute atomic E-state index is 12.0. The van der Waals surface area contributed by atoms with Crippen LogP contribution in [0, 0.1) is 5.92 Å². The van der Waals surface area contributed by atoms with Crippen molar-refractivity contribution >= 4 is 33.4 Å². The molecule has 23 heavy (non-hydrogen) atoms. The van der Waals surface area contributed by atoms with Crippen molar-refractivity contribution in [2.24, 2.45) is 5.92 Å². The van der Waals surface area contributed by atoms with E-state index in [0.717, 1.165) is 11.0 Å². The number of hydrogen-bond acceptors (Lipinski definition) is 3. The lowest BCUT2D eigenvalue weighted by Gasteiger charge is -2.29. The highest BCUT2D eigenvalue weighted by molar-refractivity contribution is 9.10. The van der Waals surface area contributed by atoms with E-state index in [1.54, 1.807) is 6.07 Å². The van der Waals surface area contributed by atoms with Crippen LogP contribution >= 0.6 is 15.9 Å². The number of benzene rings is 1. The van der Waals surface area contributed by atoms with E-state index in [4.69, 9.17) is 0 Å².